The third kappa shape index (κ3) is 1.89. The Labute approximate surface area is 90.5 Å². The molecule has 14 heavy (non-hydrogen) atoms. The summed E-state index contributed by atoms with van der Waals surface area (Å²) < 4.78 is 0. The van der Waals surface area contributed by atoms with Crippen molar-refractivity contribution in [2.24, 2.45) is 23.0 Å². The zero-order chi connectivity index (χ0) is 9.47. The van der Waals surface area contributed by atoms with Crippen LogP contribution in [0.3, 0.4) is 0 Å². The molecular formula is C10H18ClNO2. The van der Waals surface area contributed by atoms with Crippen LogP contribution in [0.1, 0.15) is 32.1 Å². The number of carbonyl (C=O) groups is 1. The minimum absolute atomic E-state index is 0. The molecule has 0 aromatic carbocycles. The van der Waals surface area contributed by atoms with E-state index in [2.05, 4.69) is 0 Å². The molecular weight excluding hydrogens is 202 g/mol. The highest BCUT2D eigenvalue weighted by Crippen LogP contribution is 2.56. The second-order valence-corrected chi connectivity index (χ2v) is 4.78. The van der Waals surface area contributed by atoms with E-state index in [-0.39, 0.29) is 24.2 Å². The standard InChI is InChI=1S/C10H17NO2.ClH/c11-6-10(5-9(12)13)3-7-1-2-8(7)4-10;/h7-8H,1-6,11H2,(H,12,13);1H/t7-,8+,10-;. The van der Waals surface area contributed by atoms with Gasteiger partial charge in [0.2, 0.25) is 0 Å². The molecule has 0 heterocycles. The lowest BCUT2D eigenvalue weighted by atomic mass is 9.77. The van der Waals surface area contributed by atoms with Gasteiger partial charge in [0.25, 0.3) is 0 Å². The summed E-state index contributed by atoms with van der Waals surface area (Å²) in [6, 6.07) is 0. The van der Waals surface area contributed by atoms with Crippen LogP contribution in [-0.2, 0) is 4.79 Å². The lowest BCUT2D eigenvalue weighted by Crippen LogP contribution is -2.30. The molecule has 0 unspecified atom stereocenters. The van der Waals surface area contributed by atoms with Crippen molar-refractivity contribution < 1.29 is 9.90 Å². The number of rotatable bonds is 3. The van der Waals surface area contributed by atoms with E-state index in [0.29, 0.717) is 6.54 Å². The van der Waals surface area contributed by atoms with Crippen LogP contribution >= 0.6 is 12.4 Å². The molecule has 0 aromatic rings. The Morgan fingerprint density at radius 3 is 2.14 bits per heavy atom. The molecule has 2 rings (SSSR count). The van der Waals surface area contributed by atoms with E-state index in [0.717, 1.165) is 24.7 Å². The molecule has 3 atom stereocenters. The Kier molecular flexibility index (Phi) is 3.43. The second-order valence-electron chi connectivity index (χ2n) is 4.78. The fourth-order valence-electron chi connectivity index (χ4n) is 3.08. The Bertz CT molecular complexity index is 220. The first-order chi connectivity index (χ1) is 6.15. The van der Waals surface area contributed by atoms with Crippen LogP contribution in [0.4, 0.5) is 0 Å². The monoisotopic (exact) mass is 219 g/mol. The normalized spacial score (nSPS) is 39.5. The zero-order valence-electron chi connectivity index (χ0n) is 8.24. The maximum Gasteiger partial charge on any atom is 0.303 e. The first-order valence-corrected chi connectivity index (χ1v) is 5.07. The van der Waals surface area contributed by atoms with Crippen molar-refractivity contribution >= 4 is 18.4 Å². The number of halogens is 1. The molecule has 0 radical (unpaired) electrons. The summed E-state index contributed by atoms with van der Waals surface area (Å²) >= 11 is 0. The second kappa shape index (κ2) is 4.07. The van der Waals surface area contributed by atoms with Gasteiger partial charge in [-0.15, -0.1) is 12.4 Å². The number of carboxylic acids is 1. The largest absolute Gasteiger partial charge is 0.481 e. The molecule has 0 aromatic heterocycles. The zero-order valence-corrected chi connectivity index (χ0v) is 9.05. The van der Waals surface area contributed by atoms with E-state index >= 15 is 0 Å². The van der Waals surface area contributed by atoms with Crippen molar-refractivity contribution in [3.8, 4) is 0 Å². The predicted octanol–water partition coefficient (Wildman–Crippen LogP) is 1.65. The lowest BCUT2D eigenvalue weighted by Gasteiger charge is -2.29. The van der Waals surface area contributed by atoms with Crippen molar-refractivity contribution in [2.45, 2.75) is 32.1 Å². The van der Waals surface area contributed by atoms with Crippen LogP contribution in [-0.4, -0.2) is 17.6 Å². The van der Waals surface area contributed by atoms with Crippen LogP contribution < -0.4 is 5.73 Å². The topological polar surface area (TPSA) is 63.3 Å². The van der Waals surface area contributed by atoms with Crippen molar-refractivity contribution in [1.82, 2.24) is 0 Å². The molecule has 2 aliphatic rings. The molecule has 82 valence electrons. The third-order valence-electron chi connectivity index (χ3n) is 3.92. The van der Waals surface area contributed by atoms with Crippen LogP contribution in [0, 0.1) is 17.3 Å². The summed E-state index contributed by atoms with van der Waals surface area (Å²) in [4.78, 5) is 10.7. The Hall–Kier alpha value is -0.280. The first-order valence-electron chi connectivity index (χ1n) is 5.07. The van der Waals surface area contributed by atoms with Crippen LogP contribution in [0.5, 0.6) is 0 Å². The maximum absolute atomic E-state index is 10.7. The average Bonchev–Trinajstić information content (AvgIpc) is 2.28. The van der Waals surface area contributed by atoms with Crippen molar-refractivity contribution in [1.29, 1.82) is 0 Å². The van der Waals surface area contributed by atoms with Crippen molar-refractivity contribution in [2.75, 3.05) is 6.54 Å². The summed E-state index contributed by atoms with van der Waals surface area (Å²) in [7, 11) is 0. The fraction of sp³-hybridized carbons (Fsp3) is 0.900. The van der Waals surface area contributed by atoms with Crippen LogP contribution in [0.15, 0.2) is 0 Å². The smallest absolute Gasteiger partial charge is 0.303 e. The molecule has 0 amide bonds. The highest BCUT2D eigenvalue weighted by molar-refractivity contribution is 5.85. The van der Waals surface area contributed by atoms with Gasteiger partial charge in [0.15, 0.2) is 0 Å². The van der Waals surface area contributed by atoms with E-state index in [1.807, 2.05) is 0 Å². The summed E-state index contributed by atoms with van der Waals surface area (Å²) in [6.45, 7) is 0.548. The summed E-state index contributed by atoms with van der Waals surface area (Å²) in [5.74, 6) is 0.901. The van der Waals surface area contributed by atoms with Gasteiger partial charge in [-0.1, -0.05) is 0 Å². The Morgan fingerprint density at radius 1 is 1.36 bits per heavy atom. The first kappa shape index (κ1) is 11.8. The minimum atomic E-state index is -0.688. The molecule has 0 saturated heterocycles. The number of hydrogen-bond acceptors (Lipinski definition) is 2. The summed E-state index contributed by atoms with van der Waals surface area (Å²) in [5.41, 5.74) is 5.65. The molecule has 0 bridgehead atoms. The number of nitrogens with two attached hydrogens (primary N) is 1. The Morgan fingerprint density at radius 2 is 1.86 bits per heavy atom. The van der Waals surface area contributed by atoms with E-state index in [4.69, 9.17) is 10.8 Å². The quantitative estimate of drug-likeness (QED) is 0.759. The van der Waals surface area contributed by atoms with Gasteiger partial charge >= 0.3 is 5.97 Å². The molecule has 2 fully saturated rings. The molecule has 4 heteroatoms. The molecule has 2 aliphatic carbocycles. The van der Waals surface area contributed by atoms with E-state index in [1.54, 1.807) is 0 Å². The SMILES string of the molecule is Cl.NC[C@]1(CC(=O)O)C[C@H]2CC[C@H]2C1. The average molecular weight is 220 g/mol. The van der Waals surface area contributed by atoms with Gasteiger partial charge < -0.3 is 10.8 Å². The van der Waals surface area contributed by atoms with Crippen LogP contribution in [0.25, 0.3) is 0 Å². The van der Waals surface area contributed by atoms with Crippen LogP contribution in [0.2, 0.25) is 0 Å². The third-order valence-corrected chi connectivity index (χ3v) is 3.92. The molecule has 0 aliphatic heterocycles. The van der Waals surface area contributed by atoms with Crippen molar-refractivity contribution in [3.05, 3.63) is 0 Å². The highest BCUT2D eigenvalue weighted by atomic mass is 35.5. The maximum atomic E-state index is 10.7. The fourth-order valence-corrected chi connectivity index (χ4v) is 3.08. The molecule has 3 N–H and O–H groups in total. The number of carboxylic acid groups (broad SMARTS) is 1. The predicted molar refractivity (Wildman–Crippen MR) is 56.4 cm³/mol. The number of aliphatic carboxylic acids is 1. The lowest BCUT2D eigenvalue weighted by molar-refractivity contribution is -0.139. The van der Waals surface area contributed by atoms with E-state index < -0.39 is 5.97 Å². The summed E-state index contributed by atoms with van der Waals surface area (Å²) in [6.07, 6.45) is 4.98. The van der Waals surface area contributed by atoms with E-state index in [9.17, 15) is 4.79 Å². The van der Waals surface area contributed by atoms with Gasteiger partial charge in [-0.25, -0.2) is 0 Å². The summed E-state index contributed by atoms with van der Waals surface area (Å²) in [5, 5.41) is 8.81. The molecule has 3 nitrogen and oxygen atoms in total. The molecule has 0 spiro atoms. The van der Waals surface area contributed by atoms with E-state index in [1.165, 1.54) is 12.8 Å². The number of hydrogen-bond donors (Lipinski definition) is 2. The van der Waals surface area contributed by atoms with Gasteiger partial charge in [0.1, 0.15) is 0 Å². The van der Waals surface area contributed by atoms with Gasteiger partial charge in [0, 0.05) is 0 Å². The number of fused-ring (bicyclic) bond motifs is 1. The van der Waals surface area contributed by atoms with Gasteiger partial charge in [0.05, 0.1) is 6.42 Å². The highest BCUT2D eigenvalue weighted by Gasteiger charge is 2.49. The van der Waals surface area contributed by atoms with Gasteiger partial charge in [-0.05, 0) is 49.5 Å². The van der Waals surface area contributed by atoms with Gasteiger partial charge in [-0.3, -0.25) is 4.79 Å². The van der Waals surface area contributed by atoms with Gasteiger partial charge in [-0.2, -0.15) is 0 Å². The molecule has 2 saturated carbocycles. The van der Waals surface area contributed by atoms with Crippen molar-refractivity contribution in [3.63, 3.8) is 0 Å². The minimum Gasteiger partial charge on any atom is -0.481 e. The Balaban J connectivity index is 0.000000980.